The van der Waals surface area contributed by atoms with Crippen molar-refractivity contribution in [1.82, 2.24) is 0 Å². The van der Waals surface area contributed by atoms with E-state index in [0.717, 1.165) is 70.2 Å². The minimum atomic E-state index is -0.756. The van der Waals surface area contributed by atoms with Crippen LogP contribution in [-0.4, -0.2) is 52.6 Å². The molecule has 0 amide bonds. The van der Waals surface area contributed by atoms with E-state index in [1.54, 1.807) is 0 Å². The van der Waals surface area contributed by atoms with Crippen molar-refractivity contribution in [2.24, 2.45) is 9.98 Å². The molecular formula is C46H56N3O2Si2Y-. The van der Waals surface area contributed by atoms with Gasteiger partial charge in [0, 0.05) is 61.8 Å². The molecule has 8 heteroatoms. The second-order valence-corrected chi connectivity index (χ2v) is 20.5. The van der Waals surface area contributed by atoms with Crippen molar-refractivity contribution in [2.45, 2.75) is 90.1 Å². The fourth-order valence-electron chi connectivity index (χ4n) is 7.70. The molecule has 1 aliphatic carbocycles. The molecule has 1 radical (unpaired) electrons. The van der Waals surface area contributed by atoms with Crippen molar-refractivity contribution in [3.63, 3.8) is 0 Å². The minimum Gasteiger partial charge on any atom is -0.672 e. The molecule has 6 rings (SSSR count). The predicted octanol–water partition coefficient (Wildman–Crippen LogP) is 10.6. The van der Waals surface area contributed by atoms with E-state index in [9.17, 15) is 10.2 Å². The Balaban J connectivity index is 0.000000741. The molecule has 279 valence electrons. The Hall–Kier alpha value is -3.46. The van der Waals surface area contributed by atoms with E-state index in [-0.39, 0.29) is 56.3 Å². The number of hydrogen-bond donors (Lipinski definition) is 2. The molecule has 0 aromatic heterocycles. The molecule has 0 aliphatic heterocycles. The summed E-state index contributed by atoms with van der Waals surface area (Å²) in [5, 5.41) is 22.8. The van der Waals surface area contributed by atoms with Gasteiger partial charge in [0.25, 0.3) is 0 Å². The number of phenolic OH excluding ortho intramolecular Hbond substituents is 2. The third-order valence-electron chi connectivity index (χ3n) is 9.88. The second kappa shape index (κ2) is 20.5. The van der Waals surface area contributed by atoms with Gasteiger partial charge in [-0.05, 0) is 79.1 Å². The Morgan fingerprint density at radius 2 is 0.981 bits per heavy atom. The van der Waals surface area contributed by atoms with Gasteiger partial charge in [-0.2, -0.15) is 0 Å². The van der Waals surface area contributed by atoms with Gasteiger partial charge < -0.3 is 14.9 Å². The first kappa shape index (κ1) is 43.3. The zero-order chi connectivity index (χ0) is 38.0. The van der Waals surface area contributed by atoms with E-state index >= 15 is 0 Å². The summed E-state index contributed by atoms with van der Waals surface area (Å²) in [7, 11) is -1.08. The zero-order valence-electron chi connectivity index (χ0n) is 33.1. The fourth-order valence-corrected chi connectivity index (χ4v) is 12.5. The van der Waals surface area contributed by atoms with Crippen molar-refractivity contribution < 1.29 is 42.9 Å². The average molecular weight is 828 g/mol. The van der Waals surface area contributed by atoms with Gasteiger partial charge in [-0.1, -0.05) is 160 Å². The van der Waals surface area contributed by atoms with Crippen LogP contribution in [0.5, 0.6) is 11.5 Å². The Labute approximate surface area is 352 Å². The fraction of sp³-hybridized carbons (Fsp3) is 0.304. The van der Waals surface area contributed by atoms with E-state index in [1.165, 1.54) is 0 Å². The van der Waals surface area contributed by atoms with Crippen LogP contribution in [-0.2, 0) is 38.1 Å². The Morgan fingerprint density at radius 1 is 0.593 bits per heavy atom. The van der Waals surface area contributed by atoms with Gasteiger partial charge in [-0.15, -0.1) is 0 Å². The zero-order valence-corrected chi connectivity index (χ0v) is 38.2. The molecule has 2 unspecified atom stereocenters. The smallest absolute Gasteiger partial charge is 0.129 e. The van der Waals surface area contributed by atoms with E-state index < -0.39 is 23.3 Å². The van der Waals surface area contributed by atoms with Crippen molar-refractivity contribution in [3.8, 4) is 11.5 Å². The molecule has 5 aromatic rings. The first-order valence-electron chi connectivity index (χ1n) is 19.1. The third-order valence-corrected chi connectivity index (χ3v) is 14.7. The van der Waals surface area contributed by atoms with Gasteiger partial charge in [0.1, 0.15) is 11.5 Å². The van der Waals surface area contributed by atoms with E-state index in [0.29, 0.717) is 5.56 Å². The predicted molar refractivity (Wildman–Crippen MR) is 231 cm³/mol. The standard InChI is InChI=1S/C42H42N2O2.C4H14NSi2.Y/c1-29-23-31(3)40(45)32(24-29)27-43-38-21-13-14-22-39(38)44-28-33-25-30(2)26-37(41(33)46)42(34-15-7-4-8-16-34,35-17-9-5-10-18-35)36-19-11-6-12-20-36;1-6(2)5-7(3)4;/h4-12,15-20,23-28,38-39,45-46H,13-14,21-22H2,1-3H3;6-7H,1-4H3;/q;-1;. The van der Waals surface area contributed by atoms with Crippen LogP contribution in [0.4, 0.5) is 0 Å². The molecule has 0 heterocycles. The number of aliphatic imine (C=N–C) groups is 2. The van der Waals surface area contributed by atoms with E-state index in [2.05, 4.69) is 117 Å². The van der Waals surface area contributed by atoms with Crippen molar-refractivity contribution in [1.29, 1.82) is 0 Å². The first-order valence-corrected chi connectivity index (χ1v) is 24.7. The second-order valence-electron chi connectivity index (χ2n) is 14.9. The van der Waals surface area contributed by atoms with Crippen LogP contribution >= 0.6 is 0 Å². The molecule has 5 nitrogen and oxygen atoms in total. The molecule has 0 spiro atoms. The summed E-state index contributed by atoms with van der Waals surface area (Å²) in [6, 6.07) is 39.4. The normalized spacial score (nSPS) is 16.0. The number of phenols is 2. The van der Waals surface area contributed by atoms with Crippen LogP contribution in [0, 0.1) is 20.8 Å². The maximum absolute atomic E-state index is 12.2. The Morgan fingerprint density at radius 3 is 1.37 bits per heavy atom. The van der Waals surface area contributed by atoms with E-state index in [1.807, 2.05) is 62.7 Å². The van der Waals surface area contributed by atoms with Gasteiger partial charge in [-0.25, -0.2) is 0 Å². The number of hydrogen-bond acceptors (Lipinski definition) is 4. The van der Waals surface area contributed by atoms with Crippen molar-refractivity contribution >= 4 is 30.3 Å². The van der Waals surface area contributed by atoms with Crippen molar-refractivity contribution in [3.05, 3.63) is 170 Å². The van der Waals surface area contributed by atoms with Crippen LogP contribution in [0.15, 0.2) is 125 Å². The molecule has 0 bridgehead atoms. The average Bonchev–Trinajstić information content (AvgIpc) is 3.15. The third kappa shape index (κ3) is 10.6. The van der Waals surface area contributed by atoms with Crippen LogP contribution in [0.1, 0.15) is 75.8 Å². The summed E-state index contributed by atoms with van der Waals surface area (Å²) < 4.78 is 4.56. The van der Waals surface area contributed by atoms with Crippen LogP contribution in [0.3, 0.4) is 0 Å². The number of nitrogens with zero attached hydrogens (tertiary/aromatic N) is 3. The number of aryl methyl sites for hydroxylation is 3. The van der Waals surface area contributed by atoms with Crippen LogP contribution < -0.4 is 0 Å². The van der Waals surface area contributed by atoms with Crippen LogP contribution in [0.25, 0.3) is 4.65 Å². The minimum absolute atomic E-state index is 0. The quantitative estimate of drug-likeness (QED) is 0.0836. The molecule has 5 aromatic carbocycles. The molecule has 0 saturated heterocycles. The molecule has 54 heavy (non-hydrogen) atoms. The molecule has 2 N–H and O–H groups in total. The van der Waals surface area contributed by atoms with Gasteiger partial charge in [-0.3, -0.25) is 9.98 Å². The summed E-state index contributed by atoms with van der Waals surface area (Å²) in [4.78, 5) is 10.0. The summed E-state index contributed by atoms with van der Waals surface area (Å²) in [6.07, 6.45) is 7.72. The monoisotopic (exact) mass is 827 g/mol. The Bertz CT molecular complexity index is 1880. The molecular weight excluding hydrogens is 772 g/mol. The maximum atomic E-state index is 12.2. The number of rotatable bonds is 10. The number of benzene rings is 5. The SMILES string of the molecule is C[SiH](C)[N-][SiH](C)C.Cc1cc(C)c(O)c(C=NC2CCCCC2N=Cc2cc(C)cc(C(c3ccccc3)(c3ccccc3)c3ccccc3)c2O)c1.[Y]. The van der Waals surface area contributed by atoms with Crippen LogP contribution in [0.2, 0.25) is 26.2 Å². The van der Waals surface area contributed by atoms with Gasteiger partial charge in [0.2, 0.25) is 0 Å². The van der Waals surface area contributed by atoms with Gasteiger partial charge in [0.05, 0.1) is 17.5 Å². The summed E-state index contributed by atoms with van der Waals surface area (Å²) in [5.41, 5.74) is 7.72. The molecule has 1 aliphatic rings. The summed E-state index contributed by atoms with van der Waals surface area (Å²) >= 11 is 0. The number of aromatic hydroxyl groups is 2. The largest absolute Gasteiger partial charge is 0.672 e. The Kier molecular flexibility index (Phi) is 16.4. The molecule has 2 atom stereocenters. The molecule has 1 fully saturated rings. The summed E-state index contributed by atoms with van der Waals surface area (Å²) in [6.45, 7) is 15.1. The summed E-state index contributed by atoms with van der Waals surface area (Å²) in [5.74, 6) is 0.503. The topological polar surface area (TPSA) is 79.3 Å². The van der Waals surface area contributed by atoms with E-state index in [4.69, 9.17) is 9.98 Å². The first-order chi connectivity index (χ1) is 25.5. The van der Waals surface area contributed by atoms with Crippen molar-refractivity contribution in [2.75, 3.05) is 0 Å². The van der Waals surface area contributed by atoms with Gasteiger partial charge in [0.15, 0.2) is 0 Å². The molecule has 1 saturated carbocycles. The van der Waals surface area contributed by atoms with Gasteiger partial charge >= 0.3 is 0 Å². The maximum Gasteiger partial charge on any atom is 0.129 e.